The molecule has 3 saturated heterocycles. The molecule has 168 valence electrons. The fraction of sp³-hybridized carbons (Fsp3) is 0.478. The number of hydrogen-bond acceptors (Lipinski definition) is 6. The van der Waals surface area contributed by atoms with Crippen molar-refractivity contribution < 1.29 is 13.9 Å². The third kappa shape index (κ3) is 4.09. The summed E-state index contributed by atoms with van der Waals surface area (Å²) in [5.41, 5.74) is 1.32. The number of halogens is 2. The summed E-state index contributed by atoms with van der Waals surface area (Å²) in [4.78, 5) is 23.6. The van der Waals surface area contributed by atoms with Gasteiger partial charge in [-0.15, -0.1) is 0 Å². The van der Waals surface area contributed by atoms with E-state index >= 15 is 0 Å². The predicted octanol–water partition coefficient (Wildman–Crippen LogP) is 3.50. The molecular formula is C23H25ClFN5O2. The van der Waals surface area contributed by atoms with Crippen molar-refractivity contribution in [3.05, 3.63) is 52.3 Å². The lowest BCUT2D eigenvalue weighted by atomic mass is 10.0. The number of rotatable bonds is 4. The largest absolute Gasteiger partial charge is 0.489 e. The van der Waals surface area contributed by atoms with Crippen LogP contribution in [0.15, 0.2) is 24.4 Å². The van der Waals surface area contributed by atoms with E-state index in [1.54, 1.807) is 11.8 Å². The first-order valence-electron chi connectivity index (χ1n) is 10.9. The molecule has 1 amide bonds. The van der Waals surface area contributed by atoms with E-state index in [1.807, 2.05) is 0 Å². The highest BCUT2D eigenvalue weighted by molar-refractivity contribution is 6.31. The lowest BCUT2D eigenvalue weighted by Gasteiger charge is -2.30. The van der Waals surface area contributed by atoms with Gasteiger partial charge in [-0.1, -0.05) is 11.6 Å². The van der Waals surface area contributed by atoms with Gasteiger partial charge in [-0.3, -0.25) is 4.79 Å². The van der Waals surface area contributed by atoms with E-state index in [4.69, 9.17) is 21.7 Å². The SMILES string of the molecule is Cc1nc(C2CN(C(=O)c3ccc(F)cc3OC3CC4CCC(C3)N4)CC2=N)ncc1Cl. The van der Waals surface area contributed by atoms with Crippen LogP contribution >= 0.6 is 11.6 Å². The highest BCUT2D eigenvalue weighted by atomic mass is 35.5. The highest BCUT2D eigenvalue weighted by Gasteiger charge is 2.37. The number of amides is 1. The first-order valence-corrected chi connectivity index (χ1v) is 11.3. The van der Waals surface area contributed by atoms with Crippen LogP contribution in [-0.2, 0) is 0 Å². The molecule has 3 unspecified atom stereocenters. The van der Waals surface area contributed by atoms with Crippen LogP contribution < -0.4 is 10.1 Å². The number of aromatic nitrogens is 2. The molecule has 0 aliphatic carbocycles. The summed E-state index contributed by atoms with van der Waals surface area (Å²) in [6, 6.07) is 4.89. The number of likely N-dealkylation sites (tertiary alicyclic amines) is 1. The second-order valence-electron chi connectivity index (χ2n) is 8.91. The molecule has 5 rings (SSSR count). The van der Waals surface area contributed by atoms with Crippen molar-refractivity contribution in [1.29, 1.82) is 5.41 Å². The first kappa shape index (κ1) is 21.3. The fourth-order valence-corrected chi connectivity index (χ4v) is 5.05. The van der Waals surface area contributed by atoms with E-state index < -0.39 is 5.82 Å². The number of carbonyl (C=O) groups is 1. The number of piperidine rings is 1. The molecule has 0 saturated carbocycles. The molecule has 1 aromatic carbocycles. The monoisotopic (exact) mass is 457 g/mol. The Morgan fingerprint density at radius 2 is 2.06 bits per heavy atom. The summed E-state index contributed by atoms with van der Waals surface area (Å²) in [6.45, 7) is 2.24. The van der Waals surface area contributed by atoms with Crippen molar-refractivity contribution in [3.63, 3.8) is 0 Å². The molecule has 3 aliphatic heterocycles. The summed E-state index contributed by atoms with van der Waals surface area (Å²) in [7, 11) is 0. The Morgan fingerprint density at radius 3 is 2.78 bits per heavy atom. The number of aryl methyl sites for hydroxylation is 1. The van der Waals surface area contributed by atoms with E-state index in [1.165, 1.54) is 24.4 Å². The minimum Gasteiger partial charge on any atom is -0.489 e. The standard InChI is InChI=1S/C23H25ClFN5O2/c1-12-19(24)9-27-22(28-12)18-10-30(11-20(18)26)23(31)17-5-2-13(25)6-21(17)32-16-7-14-3-4-15(8-16)29-14/h2,5-6,9,14-16,18,26,29H,3-4,7-8,10-11H2,1H3. The fourth-order valence-electron chi connectivity index (χ4n) is 4.96. The smallest absolute Gasteiger partial charge is 0.257 e. The molecule has 3 fully saturated rings. The maximum absolute atomic E-state index is 14.0. The highest BCUT2D eigenvalue weighted by Crippen LogP contribution is 2.33. The van der Waals surface area contributed by atoms with Gasteiger partial charge < -0.3 is 20.4 Å². The molecule has 2 aromatic rings. The summed E-state index contributed by atoms with van der Waals surface area (Å²) >= 11 is 6.02. The number of hydrogen-bond donors (Lipinski definition) is 2. The van der Waals surface area contributed by atoms with Gasteiger partial charge in [-0.25, -0.2) is 14.4 Å². The Hall–Kier alpha value is -2.58. The molecule has 32 heavy (non-hydrogen) atoms. The van der Waals surface area contributed by atoms with Gasteiger partial charge in [0.2, 0.25) is 0 Å². The minimum atomic E-state index is -0.439. The van der Waals surface area contributed by atoms with Gasteiger partial charge in [0.15, 0.2) is 0 Å². The van der Waals surface area contributed by atoms with E-state index in [-0.39, 0.29) is 36.8 Å². The van der Waals surface area contributed by atoms with E-state index in [0.29, 0.717) is 39.9 Å². The number of nitrogens with one attached hydrogen (secondary N) is 2. The van der Waals surface area contributed by atoms with Crippen molar-refractivity contribution in [3.8, 4) is 5.75 Å². The first-order chi connectivity index (χ1) is 15.4. The van der Waals surface area contributed by atoms with Crippen molar-refractivity contribution in [2.24, 2.45) is 0 Å². The normalized spacial score (nSPS) is 27.1. The maximum atomic E-state index is 14.0. The molecular weight excluding hydrogens is 433 g/mol. The zero-order valence-corrected chi connectivity index (χ0v) is 18.5. The molecule has 7 nitrogen and oxygen atoms in total. The van der Waals surface area contributed by atoms with E-state index in [9.17, 15) is 9.18 Å². The Balaban J connectivity index is 1.35. The molecule has 3 aliphatic rings. The van der Waals surface area contributed by atoms with Gasteiger partial charge in [-0.05, 0) is 44.7 Å². The van der Waals surface area contributed by atoms with Crippen molar-refractivity contribution in [1.82, 2.24) is 20.2 Å². The van der Waals surface area contributed by atoms with E-state index in [0.717, 1.165) is 25.7 Å². The van der Waals surface area contributed by atoms with Gasteiger partial charge in [-0.2, -0.15) is 0 Å². The van der Waals surface area contributed by atoms with Gasteiger partial charge in [0, 0.05) is 36.6 Å². The van der Waals surface area contributed by atoms with Gasteiger partial charge in [0.1, 0.15) is 23.5 Å². The van der Waals surface area contributed by atoms with Gasteiger partial charge in [0.05, 0.1) is 28.7 Å². The van der Waals surface area contributed by atoms with Crippen LogP contribution in [-0.4, -0.2) is 57.8 Å². The average Bonchev–Trinajstić information content (AvgIpc) is 3.31. The molecule has 4 heterocycles. The number of fused-ring (bicyclic) bond motifs is 2. The van der Waals surface area contributed by atoms with Crippen molar-refractivity contribution >= 4 is 23.2 Å². The molecule has 0 spiro atoms. The molecule has 2 N–H and O–H groups in total. The second kappa shape index (κ2) is 8.41. The molecule has 1 aromatic heterocycles. The van der Waals surface area contributed by atoms with Crippen LogP contribution in [0.4, 0.5) is 4.39 Å². The Morgan fingerprint density at radius 1 is 1.31 bits per heavy atom. The second-order valence-corrected chi connectivity index (χ2v) is 9.32. The maximum Gasteiger partial charge on any atom is 0.257 e. The van der Waals surface area contributed by atoms with Crippen molar-refractivity contribution in [2.45, 2.75) is 56.7 Å². The summed E-state index contributed by atoms with van der Waals surface area (Å²) < 4.78 is 20.2. The van der Waals surface area contributed by atoms with Gasteiger partial charge in [0.25, 0.3) is 5.91 Å². The van der Waals surface area contributed by atoms with E-state index in [2.05, 4.69) is 15.3 Å². The van der Waals surface area contributed by atoms with Crippen LogP contribution in [0.2, 0.25) is 5.02 Å². The predicted molar refractivity (Wildman–Crippen MR) is 118 cm³/mol. The lowest BCUT2D eigenvalue weighted by Crippen LogP contribution is -2.42. The Labute approximate surface area is 190 Å². The zero-order chi connectivity index (χ0) is 22.4. The number of nitrogens with zero attached hydrogens (tertiary/aromatic N) is 3. The third-order valence-electron chi connectivity index (χ3n) is 6.62. The van der Waals surface area contributed by atoms with Crippen LogP contribution in [0.1, 0.15) is 53.5 Å². The average molecular weight is 458 g/mol. The van der Waals surface area contributed by atoms with Crippen LogP contribution in [0.25, 0.3) is 0 Å². The summed E-state index contributed by atoms with van der Waals surface area (Å²) in [5.74, 6) is -0.358. The number of benzene rings is 1. The quantitative estimate of drug-likeness (QED) is 0.733. The van der Waals surface area contributed by atoms with Crippen LogP contribution in [0.3, 0.4) is 0 Å². The molecule has 9 heteroatoms. The molecule has 3 atom stereocenters. The minimum absolute atomic E-state index is 0.0443. The topological polar surface area (TPSA) is 91.2 Å². The van der Waals surface area contributed by atoms with Crippen LogP contribution in [0, 0.1) is 18.2 Å². The summed E-state index contributed by atoms with van der Waals surface area (Å²) in [6.07, 6.45) is 5.44. The molecule has 0 radical (unpaired) electrons. The Kier molecular flexibility index (Phi) is 5.59. The van der Waals surface area contributed by atoms with Crippen molar-refractivity contribution in [2.75, 3.05) is 13.1 Å². The van der Waals surface area contributed by atoms with Gasteiger partial charge >= 0.3 is 0 Å². The van der Waals surface area contributed by atoms with Crippen LogP contribution in [0.5, 0.6) is 5.75 Å². The number of ether oxygens (including phenoxy) is 1. The Bertz CT molecular complexity index is 1070. The molecule has 2 bridgehead atoms. The lowest BCUT2D eigenvalue weighted by molar-refractivity contribution is 0.0781. The zero-order valence-electron chi connectivity index (χ0n) is 17.8. The number of carbonyl (C=O) groups excluding carboxylic acids is 1. The summed E-state index contributed by atoms with van der Waals surface area (Å²) in [5, 5.41) is 12.4. The third-order valence-corrected chi connectivity index (χ3v) is 6.99.